The Bertz CT molecular complexity index is 447. The largest absolute Gasteiger partial charge is 0.492 e. The van der Waals surface area contributed by atoms with Crippen LogP contribution in [0.3, 0.4) is 0 Å². The molecule has 1 unspecified atom stereocenters. The van der Waals surface area contributed by atoms with E-state index in [0.29, 0.717) is 18.1 Å². The van der Waals surface area contributed by atoms with Crippen LogP contribution >= 0.6 is 0 Å². The standard InChI is InChI=1S/C14H21N3O3/c15-14(16-19)12-1-3-13(4-2-12)20-8-7-17-6-5-11(9-17)10-18/h1-4,11,18-19H,5-10H2,(H2,15,16). The van der Waals surface area contributed by atoms with Gasteiger partial charge in [-0.15, -0.1) is 0 Å². The number of rotatable bonds is 6. The Labute approximate surface area is 118 Å². The van der Waals surface area contributed by atoms with Crippen molar-refractivity contribution in [3.63, 3.8) is 0 Å². The number of aliphatic hydroxyl groups is 1. The molecule has 1 heterocycles. The van der Waals surface area contributed by atoms with Gasteiger partial charge in [0, 0.05) is 25.3 Å². The Morgan fingerprint density at radius 2 is 2.15 bits per heavy atom. The summed E-state index contributed by atoms with van der Waals surface area (Å²) in [6.45, 7) is 3.71. The second-order valence-corrected chi connectivity index (χ2v) is 5.00. The zero-order valence-corrected chi connectivity index (χ0v) is 11.4. The van der Waals surface area contributed by atoms with Crippen LogP contribution in [0.25, 0.3) is 0 Å². The molecule has 1 aliphatic rings. The zero-order valence-electron chi connectivity index (χ0n) is 11.4. The number of likely N-dealkylation sites (tertiary alicyclic amines) is 1. The predicted octanol–water partition coefficient (Wildman–Crippen LogP) is 0.474. The van der Waals surface area contributed by atoms with Crippen LogP contribution in [0.1, 0.15) is 12.0 Å². The van der Waals surface area contributed by atoms with E-state index >= 15 is 0 Å². The van der Waals surface area contributed by atoms with Gasteiger partial charge in [0.05, 0.1) is 0 Å². The van der Waals surface area contributed by atoms with Gasteiger partial charge in [-0.1, -0.05) is 5.16 Å². The fraction of sp³-hybridized carbons (Fsp3) is 0.500. The van der Waals surface area contributed by atoms with Crippen LogP contribution in [-0.4, -0.2) is 53.9 Å². The normalized spacial score (nSPS) is 20.2. The molecule has 1 fully saturated rings. The minimum Gasteiger partial charge on any atom is -0.492 e. The molecule has 4 N–H and O–H groups in total. The molecule has 1 aromatic carbocycles. The lowest BCUT2D eigenvalue weighted by molar-refractivity contribution is 0.204. The van der Waals surface area contributed by atoms with Gasteiger partial charge in [-0.05, 0) is 43.1 Å². The molecule has 1 saturated heterocycles. The molecule has 1 atom stereocenters. The van der Waals surface area contributed by atoms with Crippen molar-refractivity contribution in [1.82, 2.24) is 4.90 Å². The summed E-state index contributed by atoms with van der Waals surface area (Å²) >= 11 is 0. The van der Waals surface area contributed by atoms with Crippen LogP contribution < -0.4 is 10.5 Å². The van der Waals surface area contributed by atoms with E-state index < -0.39 is 0 Å². The van der Waals surface area contributed by atoms with Crippen molar-refractivity contribution < 1.29 is 15.1 Å². The molecule has 0 saturated carbocycles. The number of oxime groups is 1. The lowest BCUT2D eigenvalue weighted by atomic mass is 10.1. The third kappa shape index (κ3) is 3.85. The Morgan fingerprint density at radius 1 is 1.40 bits per heavy atom. The molecule has 2 rings (SSSR count). The van der Waals surface area contributed by atoms with Crippen LogP contribution in [0.4, 0.5) is 0 Å². The SMILES string of the molecule is N/C(=N/O)c1ccc(OCCN2CCC(CO)C2)cc1. The molecule has 0 aromatic heterocycles. The molecule has 1 aliphatic heterocycles. The maximum Gasteiger partial charge on any atom is 0.170 e. The molecule has 110 valence electrons. The van der Waals surface area contributed by atoms with E-state index in [4.69, 9.17) is 20.8 Å². The van der Waals surface area contributed by atoms with Gasteiger partial charge in [-0.3, -0.25) is 4.90 Å². The summed E-state index contributed by atoms with van der Waals surface area (Å²) in [6, 6.07) is 7.10. The first-order valence-electron chi connectivity index (χ1n) is 6.77. The fourth-order valence-electron chi connectivity index (χ4n) is 2.34. The quantitative estimate of drug-likeness (QED) is 0.305. The maximum absolute atomic E-state index is 9.08. The number of benzene rings is 1. The molecule has 0 bridgehead atoms. The average molecular weight is 279 g/mol. The number of nitrogens with two attached hydrogens (primary N) is 1. The highest BCUT2D eigenvalue weighted by Gasteiger charge is 2.21. The number of amidine groups is 1. The van der Waals surface area contributed by atoms with E-state index in [1.54, 1.807) is 24.3 Å². The van der Waals surface area contributed by atoms with E-state index in [9.17, 15) is 0 Å². The number of ether oxygens (including phenoxy) is 1. The molecular weight excluding hydrogens is 258 g/mol. The lowest BCUT2D eigenvalue weighted by Gasteiger charge is -2.16. The molecule has 0 spiro atoms. The predicted molar refractivity (Wildman–Crippen MR) is 76.1 cm³/mol. The Kier molecular flexibility index (Phi) is 5.20. The summed E-state index contributed by atoms with van der Waals surface area (Å²) in [7, 11) is 0. The topological polar surface area (TPSA) is 91.3 Å². The molecule has 20 heavy (non-hydrogen) atoms. The third-order valence-corrected chi connectivity index (χ3v) is 3.56. The van der Waals surface area contributed by atoms with Crippen molar-refractivity contribution >= 4 is 5.84 Å². The smallest absolute Gasteiger partial charge is 0.170 e. The number of aliphatic hydroxyl groups excluding tert-OH is 1. The van der Waals surface area contributed by atoms with Crippen LogP contribution in [0.15, 0.2) is 29.4 Å². The van der Waals surface area contributed by atoms with Gasteiger partial charge >= 0.3 is 0 Å². The van der Waals surface area contributed by atoms with Gasteiger partial charge in [0.1, 0.15) is 12.4 Å². The minimum absolute atomic E-state index is 0.0867. The highest BCUT2D eigenvalue weighted by molar-refractivity contribution is 5.97. The van der Waals surface area contributed by atoms with E-state index in [1.165, 1.54) is 0 Å². The number of hydrogen-bond acceptors (Lipinski definition) is 5. The van der Waals surface area contributed by atoms with E-state index in [2.05, 4.69) is 10.1 Å². The Balaban J connectivity index is 1.74. The van der Waals surface area contributed by atoms with Crippen LogP contribution in [0.2, 0.25) is 0 Å². The van der Waals surface area contributed by atoms with Gasteiger partial charge in [0.15, 0.2) is 5.84 Å². The number of nitrogens with zero attached hydrogens (tertiary/aromatic N) is 2. The first-order valence-corrected chi connectivity index (χ1v) is 6.77. The molecule has 6 nitrogen and oxygen atoms in total. The van der Waals surface area contributed by atoms with Crippen LogP contribution in [0.5, 0.6) is 5.75 Å². The van der Waals surface area contributed by atoms with Crippen molar-refractivity contribution in [2.45, 2.75) is 6.42 Å². The maximum atomic E-state index is 9.08. The van der Waals surface area contributed by atoms with Gasteiger partial charge in [0.25, 0.3) is 0 Å². The Morgan fingerprint density at radius 3 is 2.75 bits per heavy atom. The molecule has 0 aliphatic carbocycles. The van der Waals surface area contributed by atoms with Gasteiger partial charge < -0.3 is 20.8 Å². The molecule has 0 amide bonds. The highest BCUT2D eigenvalue weighted by atomic mass is 16.5. The summed E-state index contributed by atoms with van der Waals surface area (Å²) in [4.78, 5) is 2.30. The summed E-state index contributed by atoms with van der Waals surface area (Å²) in [6.07, 6.45) is 1.06. The van der Waals surface area contributed by atoms with Crippen molar-refractivity contribution in [2.24, 2.45) is 16.8 Å². The molecule has 0 radical (unpaired) electrons. The van der Waals surface area contributed by atoms with Crippen molar-refractivity contribution in [3.8, 4) is 5.75 Å². The number of hydrogen-bond donors (Lipinski definition) is 3. The van der Waals surface area contributed by atoms with Gasteiger partial charge in [0.2, 0.25) is 0 Å². The molecule has 1 aromatic rings. The first kappa shape index (κ1) is 14.6. The summed E-state index contributed by atoms with van der Waals surface area (Å²) in [5, 5.41) is 20.6. The summed E-state index contributed by atoms with van der Waals surface area (Å²) in [5.74, 6) is 1.26. The van der Waals surface area contributed by atoms with E-state index in [0.717, 1.165) is 31.8 Å². The Hall–Kier alpha value is -1.79. The summed E-state index contributed by atoms with van der Waals surface area (Å²) < 4.78 is 5.66. The monoisotopic (exact) mass is 279 g/mol. The van der Waals surface area contributed by atoms with Gasteiger partial charge in [-0.2, -0.15) is 0 Å². The zero-order chi connectivity index (χ0) is 14.4. The first-order chi connectivity index (χ1) is 9.72. The average Bonchev–Trinajstić information content (AvgIpc) is 2.95. The van der Waals surface area contributed by atoms with Crippen molar-refractivity contribution in [3.05, 3.63) is 29.8 Å². The fourth-order valence-corrected chi connectivity index (χ4v) is 2.34. The van der Waals surface area contributed by atoms with Crippen molar-refractivity contribution in [2.75, 3.05) is 32.8 Å². The van der Waals surface area contributed by atoms with E-state index in [1.807, 2.05) is 0 Å². The van der Waals surface area contributed by atoms with Gasteiger partial charge in [-0.25, -0.2) is 0 Å². The van der Waals surface area contributed by atoms with Crippen LogP contribution in [-0.2, 0) is 0 Å². The lowest BCUT2D eigenvalue weighted by Crippen LogP contribution is -2.26. The highest BCUT2D eigenvalue weighted by Crippen LogP contribution is 2.16. The second kappa shape index (κ2) is 7.12. The molecule has 6 heteroatoms. The van der Waals surface area contributed by atoms with E-state index in [-0.39, 0.29) is 12.4 Å². The minimum atomic E-state index is 0.0867. The third-order valence-electron chi connectivity index (χ3n) is 3.56. The van der Waals surface area contributed by atoms with Crippen LogP contribution in [0, 0.1) is 5.92 Å². The summed E-state index contributed by atoms with van der Waals surface area (Å²) in [5.41, 5.74) is 6.14. The molecular formula is C14H21N3O3. The van der Waals surface area contributed by atoms with Crippen molar-refractivity contribution in [1.29, 1.82) is 0 Å². The second-order valence-electron chi connectivity index (χ2n) is 5.00.